The van der Waals surface area contributed by atoms with Crippen molar-refractivity contribution < 1.29 is 0 Å². The first-order valence-corrected chi connectivity index (χ1v) is 10.3. The van der Waals surface area contributed by atoms with E-state index in [1.165, 1.54) is 57.8 Å². The molecule has 0 amide bonds. The normalized spacial score (nSPS) is 14.1. The van der Waals surface area contributed by atoms with E-state index in [2.05, 4.69) is 56.1 Å². The van der Waals surface area contributed by atoms with Gasteiger partial charge in [0.25, 0.3) is 0 Å². The maximum Gasteiger partial charge on any atom is 0.108 e. The van der Waals surface area contributed by atoms with Crippen LogP contribution < -0.4 is 0 Å². The van der Waals surface area contributed by atoms with Crippen molar-refractivity contribution in [3.63, 3.8) is 0 Å². The first-order chi connectivity index (χ1) is 9.35. The summed E-state index contributed by atoms with van der Waals surface area (Å²) in [4.78, 5) is 0. The molecule has 0 aliphatic heterocycles. The molecule has 0 atom stereocenters. The fourth-order valence-electron chi connectivity index (χ4n) is 1.92. The molecular formula is C18H34Si. The highest BCUT2D eigenvalue weighted by atomic mass is 28.3. The molecule has 0 heterocycles. The zero-order valence-electron chi connectivity index (χ0n) is 13.4. The maximum absolute atomic E-state index is 2.50. The van der Waals surface area contributed by atoms with Crippen LogP contribution in [0, 0.1) is 0 Å². The van der Waals surface area contributed by atoms with Crippen LogP contribution in [-0.2, 0) is 0 Å². The van der Waals surface area contributed by atoms with Crippen LogP contribution >= 0.6 is 0 Å². The van der Waals surface area contributed by atoms with Gasteiger partial charge in [-0.1, -0.05) is 94.6 Å². The first kappa shape index (κ1) is 18.4. The van der Waals surface area contributed by atoms with Crippen molar-refractivity contribution in [3.05, 3.63) is 35.3 Å². The van der Waals surface area contributed by atoms with Gasteiger partial charge in [-0.25, -0.2) is 0 Å². The fourth-order valence-corrected chi connectivity index (χ4v) is 3.82. The highest BCUT2D eigenvalue weighted by Gasteiger charge is 1.96. The highest BCUT2D eigenvalue weighted by molar-refractivity contribution is 6.74. The summed E-state index contributed by atoms with van der Waals surface area (Å²) < 4.78 is 0. The van der Waals surface area contributed by atoms with Crippen molar-refractivity contribution in [2.45, 2.75) is 78.6 Å². The third-order valence-corrected chi connectivity index (χ3v) is 5.40. The molecule has 0 aliphatic rings. The Balaban J connectivity index is 4.16. The summed E-state index contributed by atoms with van der Waals surface area (Å²) in [6, 6.07) is 0. The van der Waals surface area contributed by atoms with Crippen molar-refractivity contribution in [2.75, 3.05) is 0 Å². The minimum atomic E-state index is -0.903. The zero-order chi connectivity index (χ0) is 14.2. The Morgan fingerprint density at radius 1 is 0.579 bits per heavy atom. The summed E-state index contributed by atoms with van der Waals surface area (Å²) in [5.74, 6) is 0. The molecule has 0 aromatic rings. The molecular weight excluding hydrogens is 244 g/mol. The van der Waals surface area contributed by atoms with Crippen molar-refractivity contribution >= 4 is 8.80 Å². The second kappa shape index (κ2) is 15.5. The number of allylic oxidation sites excluding steroid dienone is 3. The summed E-state index contributed by atoms with van der Waals surface area (Å²) in [5, 5.41) is 0. The molecule has 1 heteroatoms. The van der Waals surface area contributed by atoms with Crippen molar-refractivity contribution in [2.24, 2.45) is 0 Å². The predicted molar refractivity (Wildman–Crippen MR) is 93.1 cm³/mol. The summed E-state index contributed by atoms with van der Waals surface area (Å²) in [7, 11) is -0.903. The van der Waals surface area contributed by atoms with Gasteiger partial charge in [-0.2, -0.15) is 0 Å². The van der Waals surface area contributed by atoms with Crippen LogP contribution in [0.4, 0.5) is 0 Å². The standard InChI is InChI=1S/C18H34Si/c1-4-7-10-13-16-19(17-14-11-8-5-2)18-15-12-9-6-3/h13-19H,4-12H2,1-3H3. The van der Waals surface area contributed by atoms with Gasteiger partial charge in [0.05, 0.1) is 0 Å². The van der Waals surface area contributed by atoms with Gasteiger partial charge >= 0.3 is 0 Å². The molecule has 0 unspecified atom stereocenters. The van der Waals surface area contributed by atoms with E-state index >= 15 is 0 Å². The van der Waals surface area contributed by atoms with Gasteiger partial charge < -0.3 is 0 Å². The first-order valence-electron chi connectivity index (χ1n) is 8.35. The van der Waals surface area contributed by atoms with E-state index in [0.717, 1.165) is 0 Å². The molecule has 0 saturated heterocycles. The van der Waals surface area contributed by atoms with Gasteiger partial charge in [-0.3, -0.25) is 0 Å². The van der Waals surface area contributed by atoms with Crippen LogP contribution in [0.3, 0.4) is 0 Å². The van der Waals surface area contributed by atoms with Gasteiger partial charge in [0.1, 0.15) is 8.80 Å². The van der Waals surface area contributed by atoms with Crippen molar-refractivity contribution in [3.8, 4) is 0 Å². The minimum Gasteiger partial charge on any atom is -0.0938 e. The monoisotopic (exact) mass is 278 g/mol. The van der Waals surface area contributed by atoms with Crippen LogP contribution in [-0.4, -0.2) is 8.80 Å². The summed E-state index contributed by atoms with van der Waals surface area (Å²) in [5.41, 5.74) is 7.50. The molecule has 0 bridgehead atoms. The minimum absolute atomic E-state index is 0.903. The van der Waals surface area contributed by atoms with Crippen molar-refractivity contribution in [1.29, 1.82) is 0 Å². The topological polar surface area (TPSA) is 0 Å². The van der Waals surface area contributed by atoms with Crippen LogP contribution in [0.15, 0.2) is 35.3 Å². The largest absolute Gasteiger partial charge is 0.108 e. The average Bonchev–Trinajstić information content (AvgIpc) is 2.43. The molecule has 0 saturated carbocycles. The Kier molecular flexibility index (Phi) is 15.0. The second-order valence-electron chi connectivity index (χ2n) is 5.29. The Hall–Kier alpha value is -0.563. The third kappa shape index (κ3) is 13.7. The lowest BCUT2D eigenvalue weighted by Gasteiger charge is -2.00. The maximum atomic E-state index is 2.50. The molecule has 0 N–H and O–H groups in total. The molecule has 19 heavy (non-hydrogen) atoms. The third-order valence-electron chi connectivity index (χ3n) is 3.25. The quantitative estimate of drug-likeness (QED) is 0.300. The van der Waals surface area contributed by atoms with Gasteiger partial charge in [-0.05, 0) is 19.3 Å². The van der Waals surface area contributed by atoms with E-state index in [0.29, 0.717) is 0 Å². The predicted octanol–water partition coefficient (Wildman–Crippen LogP) is 6.07. The van der Waals surface area contributed by atoms with Crippen LogP contribution in [0.1, 0.15) is 78.6 Å². The van der Waals surface area contributed by atoms with Crippen LogP contribution in [0.25, 0.3) is 0 Å². The van der Waals surface area contributed by atoms with Gasteiger partial charge in [0.15, 0.2) is 0 Å². The Morgan fingerprint density at radius 3 is 1.16 bits per heavy atom. The van der Waals surface area contributed by atoms with Gasteiger partial charge in [0, 0.05) is 0 Å². The van der Waals surface area contributed by atoms with E-state index in [1.54, 1.807) is 0 Å². The second-order valence-corrected chi connectivity index (χ2v) is 7.60. The van der Waals surface area contributed by atoms with E-state index in [1.807, 2.05) is 0 Å². The van der Waals surface area contributed by atoms with Crippen LogP contribution in [0.2, 0.25) is 0 Å². The molecule has 0 aliphatic carbocycles. The molecule has 0 radical (unpaired) electrons. The summed E-state index contributed by atoms with van der Waals surface area (Å²) in [6.45, 7) is 6.79. The van der Waals surface area contributed by atoms with Gasteiger partial charge in [-0.15, -0.1) is 0 Å². The van der Waals surface area contributed by atoms with E-state index in [9.17, 15) is 0 Å². The number of hydrogen-bond acceptors (Lipinski definition) is 0. The smallest absolute Gasteiger partial charge is 0.0938 e. The van der Waals surface area contributed by atoms with Crippen LogP contribution in [0.5, 0.6) is 0 Å². The molecule has 0 spiro atoms. The Bertz CT molecular complexity index is 208. The molecule has 0 fully saturated rings. The lowest BCUT2D eigenvalue weighted by Crippen LogP contribution is -2.01. The molecule has 0 rings (SSSR count). The Labute approximate surface area is 123 Å². The SMILES string of the molecule is CCCCC=C[SiH](C=CCCCC)C=CCCCC. The van der Waals surface area contributed by atoms with E-state index in [4.69, 9.17) is 0 Å². The lowest BCUT2D eigenvalue weighted by atomic mass is 10.2. The molecule has 0 aromatic carbocycles. The average molecular weight is 279 g/mol. The molecule has 110 valence electrons. The summed E-state index contributed by atoms with van der Waals surface area (Å²) in [6.07, 6.45) is 18.9. The highest BCUT2D eigenvalue weighted by Crippen LogP contribution is 2.03. The Morgan fingerprint density at radius 2 is 0.895 bits per heavy atom. The zero-order valence-corrected chi connectivity index (χ0v) is 14.6. The number of hydrogen-bond donors (Lipinski definition) is 0. The summed E-state index contributed by atoms with van der Waals surface area (Å²) >= 11 is 0. The van der Waals surface area contributed by atoms with E-state index < -0.39 is 8.80 Å². The van der Waals surface area contributed by atoms with Crippen molar-refractivity contribution in [1.82, 2.24) is 0 Å². The fraction of sp³-hybridized carbons (Fsp3) is 0.667. The lowest BCUT2D eigenvalue weighted by molar-refractivity contribution is 0.814. The molecule has 0 aromatic heterocycles. The van der Waals surface area contributed by atoms with E-state index in [-0.39, 0.29) is 0 Å². The number of rotatable bonds is 12. The number of unbranched alkanes of at least 4 members (excludes halogenated alkanes) is 6. The molecule has 0 nitrogen and oxygen atoms in total. The van der Waals surface area contributed by atoms with Gasteiger partial charge in [0.2, 0.25) is 0 Å².